The summed E-state index contributed by atoms with van der Waals surface area (Å²) in [6.45, 7) is -0.666. The zero-order valence-corrected chi connectivity index (χ0v) is 8.46. The minimum absolute atomic E-state index is 0.122. The van der Waals surface area contributed by atoms with E-state index >= 15 is 0 Å². The van der Waals surface area contributed by atoms with Crippen molar-refractivity contribution in [3.05, 3.63) is 23.5 Å². The van der Waals surface area contributed by atoms with E-state index in [0.717, 1.165) is 0 Å². The number of fused-ring (bicyclic) bond motifs is 1. The van der Waals surface area contributed by atoms with Crippen molar-refractivity contribution in [3.63, 3.8) is 0 Å². The van der Waals surface area contributed by atoms with Crippen molar-refractivity contribution < 1.29 is 28.8 Å². The van der Waals surface area contributed by atoms with Gasteiger partial charge in [0.25, 0.3) is 0 Å². The van der Waals surface area contributed by atoms with Crippen LogP contribution in [-0.2, 0) is 9.55 Å². The average Bonchev–Trinajstić information content (AvgIpc) is 2.28. The molecule has 2 rings (SSSR count). The number of aliphatic carboxylic acids is 1. The lowest BCUT2D eigenvalue weighted by atomic mass is 9.75. The van der Waals surface area contributed by atoms with Crippen molar-refractivity contribution >= 4 is 24.8 Å². The Hall–Kier alpha value is -2.09. The second-order valence-corrected chi connectivity index (χ2v) is 3.26. The Morgan fingerprint density at radius 1 is 1.59 bits per heavy atom. The topological polar surface area (TPSA) is 88.4 Å². The smallest absolute Gasteiger partial charge is 0.479 e. The van der Waals surface area contributed by atoms with Crippen LogP contribution < -0.4 is 10.2 Å². The molecule has 1 aliphatic rings. The molecule has 0 atom stereocenters. The van der Waals surface area contributed by atoms with E-state index in [1.165, 1.54) is 18.3 Å². The molecular weight excluding hydrogens is 232 g/mol. The second kappa shape index (κ2) is 4.42. The molecule has 8 heteroatoms. The minimum atomic E-state index is -1.52. The van der Waals surface area contributed by atoms with E-state index in [0.29, 0.717) is 5.56 Å². The summed E-state index contributed by atoms with van der Waals surface area (Å²) in [6.07, 6.45) is 1.24. The van der Waals surface area contributed by atoms with E-state index in [4.69, 9.17) is 9.84 Å². The quantitative estimate of drug-likeness (QED) is 0.683. The molecule has 0 spiro atoms. The standard InChI is InChI=1S/C9H7BFNO5/c11-9-6(16-4-7(13)14)2-1-5-3-12-17-10(15)8(5)9/h1-3,15H,4H2,(H,13,14). The number of hydrogen-bond acceptors (Lipinski definition) is 5. The maximum atomic E-state index is 13.8. The van der Waals surface area contributed by atoms with Crippen molar-refractivity contribution in [3.8, 4) is 5.75 Å². The van der Waals surface area contributed by atoms with Crippen LogP contribution in [0, 0.1) is 5.82 Å². The van der Waals surface area contributed by atoms with Gasteiger partial charge in [-0.05, 0) is 12.1 Å². The number of halogens is 1. The average molecular weight is 239 g/mol. The fraction of sp³-hybridized carbons (Fsp3) is 0.111. The molecule has 6 nitrogen and oxygen atoms in total. The number of carboxylic acids is 1. The number of oxime groups is 1. The molecule has 1 aliphatic heterocycles. The summed E-state index contributed by atoms with van der Waals surface area (Å²) in [6, 6.07) is 2.71. The first-order valence-electron chi connectivity index (χ1n) is 4.64. The van der Waals surface area contributed by atoms with E-state index in [2.05, 4.69) is 9.91 Å². The van der Waals surface area contributed by atoms with Gasteiger partial charge in [0.05, 0.1) is 6.21 Å². The fourth-order valence-electron chi connectivity index (χ4n) is 1.40. The van der Waals surface area contributed by atoms with E-state index in [-0.39, 0.29) is 11.2 Å². The maximum absolute atomic E-state index is 13.8. The number of ether oxygens (including phenoxy) is 1. The van der Waals surface area contributed by atoms with Gasteiger partial charge in [0.15, 0.2) is 18.2 Å². The summed E-state index contributed by atoms with van der Waals surface area (Å²) in [4.78, 5) is 10.3. The monoisotopic (exact) mass is 239 g/mol. The molecule has 0 unspecified atom stereocenters. The molecule has 0 radical (unpaired) electrons. The molecule has 1 heterocycles. The summed E-state index contributed by atoms with van der Waals surface area (Å²) in [7, 11) is -1.52. The van der Waals surface area contributed by atoms with Crippen LogP contribution in [0.5, 0.6) is 5.75 Å². The highest BCUT2D eigenvalue weighted by Crippen LogP contribution is 2.18. The lowest BCUT2D eigenvalue weighted by Gasteiger charge is -2.15. The molecule has 17 heavy (non-hydrogen) atoms. The number of rotatable bonds is 3. The van der Waals surface area contributed by atoms with Crippen LogP contribution in [0.15, 0.2) is 17.3 Å². The Morgan fingerprint density at radius 3 is 3.06 bits per heavy atom. The maximum Gasteiger partial charge on any atom is 0.586 e. The molecule has 0 saturated carbocycles. The molecular formula is C9H7BFNO5. The normalized spacial score (nSPS) is 12.9. The van der Waals surface area contributed by atoms with E-state index in [1.807, 2.05) is 0 Å². The Bertz CT molecular complexity index is 493. The van der Waals surface area contributed by atoms with Gasteiger partial charge in [-0.2, -0.15) is 0 Å². The molecule has 1 aromatic carbocycles. The zero-order chi connectivity index (χ0) is 12.4. The van der Waals surface area contributed by atoms with E-state index in [9.17, 15) is 14.2 Å². The molecule has 1 aromatic rings. The predicted molar refractivity (Wildman–Crippen MR) is 55.8 cm³/mol. The third-order valence-corrected chi connectivity index (χ3v) is 2.13. The fourth-order valence-corrected chi connectivity index (χ4v) is 1.40. The summed E-state index contributed by atoms with van der Waals surface area (Å²) in [5.74, 6) is -2.34. The van der Waals surface area contributed by atoms with Crippen molar-refractivity contribution in [2.75, 3.05) is 6.61 Å². The van der Waals surface area contributed by atoms with Crippen LogP contribution in [0.25, 0.3) is 0 Å². The Morgan fingerprint density at radius 2 is 2.35 bits per heavy atom. The molecule has 0 saturated heterocycles. The molecule has 0 bridgehead atoms. The van der Waals surface area contributed by atoms with E-state index in [1.54, 1.807) is 0 Å². The first-order chi connectivity index (χ1) is 8.09. The lowest BCUT2D eigenvalue weighted by Crippen LogP contribution is -2.40. The van der Waals surface area contributed by atoms with Gasteiger partial charge in [-0.15, -0.1) is 5.16 Å². The number of carbonyl (C=O) groups is 1. The van der Waals surface area contributed by atoms with Gasteiger partial charge in [-0.3, -0.25) is 0 Å². The summed E-state index contributed by atoms with van der Waals surface area (Å²) >= 11 is 0. The SMILES string of the molecule is O=C(O)COc1ccc2c(c1F)B(O)ON=C2. The molecule has 0 aliphatic carbocycles. The first kappa shape index (κ1) is 11.4. The molecule has 0 amide bonds. The van der Waals surface area contributed by atoms with Gasteiger partial charge in [0, 0.05) is 11.0 Å². The van der Waals surface area contributed by atoms with Crippen LogP contribution in [0.1, 0.15) is 5.56 Å². The third kappa shape index (κ3) is 2.21. The highest BCUT2D eigenvalue weighted by molar-refractivity contribution is 6.62. The number of benzene rings is 1. The molecule has 88 valence electrons. The second-order valence-electron chi connectivity index (χ2n) is 3.26. The zero-order valence-electron chi connectivity index (χ0n) is 8.46. The summed E-state index contributed by atoms with van der Waals surface area (Å²) in [5, 5.41) is 21.2. The van der Waals surface area contributed by atoms with Crippen molar-refractivity contribution in [2.45, 2.75) is 0 Å². The van der Waals surface area contributed by atoms with Gasteiger partial charge in [-0.1, -0.05) is 0 Å². The number of nitrogens with zero attached hydrogens (tertiary/aromatic N) is 1. The number of hydrogen-bond donors (Lipinski definition) is 2. The first-order valence-corrected chi connectivity index (χ1v) is 4.64. The van der Waals surface area contributed by atoms with Gasteiger partial charge < -0.3 is 19.6 Å². The molecule has 2 N–H and O–H groups in total. The van der Waals surface area contributed by atoms with Crippen LogP contribution in [0.4, 0.5) is 4.39 Å². The molecule has 0 aromatic heterocycles. The Balaban J connectivity index is 2.34. The van der Waals surface area contributed by atoms with Gasteiger partial charge in [0.2, 0.25) is 0 Å². The van der Waals surface area contributed by atoms with Crippen LogP contribution in [0.3, 0.4) is 0 Å². The third-order valence-electron chi connectivity index (χ3n) is 2.13. The van der Waals surface area contributed by atoms with Gasteiger partial charge in [-0.25, -0.2) is 9.18 Å². The van der Waals surface area contributed by atoms with Crippen LogP contribution >= 0.6 is 0 Å². The highest BCUT2D eigenvalue weighted by atomic mass is 19.1. The van der Waals surface area contributed by atoms with Crippen LogP contribution in [0.2, 0.25) is 0 Å². The minimum Gasteiger partial charge on any atom is -0.479 e. The highest BCUT2D eigenvalue weighted by Gasteiger charge is 2.31. The molecule has 0 fully saturated rings. The largest absolute Gasteiger partial charge is 0.586 e. The van der Waals surface area contributed by atoms with Crippen LogP contribution in [-0.4, -0.2) is 36.0 Å². The lowest BCUT2D eigenvalue weighted by molar-refractivity contribution is -0.139. The van der Waals surface area contributed by atoms with Crippen molar-refractivity contribution in [1.82, 2.24) is 0 Å². The predicted octanol–water partition coefficient (Wildman–Crippen LogP) is -0.659. The number of carboxylic acid groups (broad SMARTS) is 1. The van der Waals surface area contributed by atoms with Crippen molar-refractivity contribution in [1.29, 1.82) is 0 Å². The van der Waals surface area contributed by atoms with Gasteiger partial charge in [0.1, 0.15) is 0 Å². The van der Waals surface area contributed by atoms with E-state index < -0.39 is 25.5 Å². The summed E-state index contributed by atoms with van der Waals surface area (Å²) < 4.78 is 23.0. The summed E-state index contributed by atoms with van der Waals surface area (Å²) in [5.41, 5.74) is 0.229. The van der Waals surface area contributed by atoms with Gasteiger partial charge >= 0.3 is 13.1 Å². The Kier molecular flexibility index (Phi) is 2.96. The Labute approximate surface area is 95.4 Å². The van der Waals surface area contributed by atoms with Crippen molar-refractivity contribution in [2.24, 2.45) is 5.16 Å².